The van der Waals surface area contributed by atoms with E-state index in [0.29, 0.717) is 23.1 Å². The molecule has 0 fully saturated rings. The van der Waals surface area contributed by atoms with Crippen molar-refractivity contribution in [3.8, 4) is 11.5 Å². The van der Waals surface area contributed by atoms with Crippen LogP contribution in [0.4, 0.5) is 14.5 Å². The van der Waals surface area contributed by atoms with Crippen molar-refractivity contribution in [1.29, 1.82) is 0 Å². The summed E-state index contributed by atoms with van der Waals surface area (Å²) in [5.41, 5.74) is 0.485. The molecule has 0 radical (unpaired) electrons. The molecule has 0 atom stereocenters. The van der Waals surface area contributed by atoms with E-state index in [2.05, 4.69) is 10.3 Å². The Kier molecular flexibility index (Phi) is 5.24. The maximum atomic E-state index is 14.6. The number of benzene rings is 2. The molecule has 0 aliphatic carbocycles. The van der Waals surface area contributed by atoms with Gasteiger partial charge in [-0.1, -0.05) is 44.5 Å². The predicted octanol–water partition coefficient (Wildman–Crippen LogP) is 6.65. The third-order valence-electron chi connectivity index (χ3n) is 4.25. The molecule has 0 aromatic heterocycles. The number of alkyl halides is 2. The fraction of sp³-hybridized carbons (Fsp3) is 0.286. The van der Waals surface area contributed by atoms with E-state index in [0.717, 1.165) is 11.4 Å². The van der Waals surface area contributed by atoms with Crippen LogP contribution in [0, 0.1) is 5.41 Å². The zero-order chi connectivity index (χ0) is 19.7. The first-order valence-electron chi connectivity index (χ1n) is 8.58. The Morgan fingerprint density at radius 3 is 2.52 bits per heavy atom. The van der Waals surface area contributed by atoms with E-state index >= 15 is 0 Å². The molecule has 0 bridgehead atoms. The van der Waals surface area contributed by atoms with Gasteiger partial charge < -0.3 is 10.1 Å². The molecular formula is C21H21ClF2N2O. The molecule has 6 heteroatoms. The summed E-state index contributed by atoms with van der Waals surface area (Å²) in [6.07, 6.45) is 3.63. The third kappa shape index (κ3) is 4.30. The zero-order valence-electron chi connectivity index (χ0n) is 15.4. The Hall–Kier alpha value is -2.40. The Bertz CT molecular complexity index is 901. The van der Waals surface area contributed by atoms with Crippen LogP contribution in [0.25, 0.3) is 0 Å². The van der Waals surface area contributed by atoms with Gasteiger partial charge in [-0.2, -0.15) is 0 Å². The highest BCUT2D eigenvalue weighted by atomic mass is 35.5. The second-order valence-corrected chi connectivity index (χ2v) is 7.81. The van der Waals surface area contributed by atoms with Gasteiger partial charge in [0.25, 0.3) is 5.92 Å². The van der Waals surface area contributed by atoms with Gasteiger partial charge in [0.15, 0.2) is 0 Å². The van der Waals surface area contributed by atoms with E-state index in [1.165, 1.54) is 32.9 Å². The average molecular weight is 391 g/mol. The first kappa shape index (κ1) is 19.4. The monoisotopic (exact) mass is 390 g/mol. The number of anilines is 1. The summed E-state index contributed by atoms with van der Waals surface area (Å²) in [5.74, 6) is -2.28. The highest BCUT2D eigenvalue weighted by Gasteiger charge is 2.44. The lowest BCUT2D eigenvalue weighted by molar-refractivity contribution is -0.104. The second-order valence-electron chi connectivity index (χ2n) is 7.41. The van der Waals surface area contributed by atoms with Crippen molar-refractivity contribution in [2.75, 3.05) is 11.9 Å². The molecule has 3 rings (SSSR count). The van der Waals surface area contributed by atoms with Crippen molar-refractivity contribution in [1.82, 2.24) is 0 Å². The summed E-state index contributed by atoms with van der Waals surface area (Å²) >= 11 is 6.30. The lowest BCUT2D eigenvalue weighted by atomic mass is 9.83. The van der Waals surface area contributed by atoms with Crippen molar-refractivity contribution in [2.45, 2.75) is 26.7 Å². The number of rotatable bonds is 5. The summed E-state index contributed by atoms with van der Waals surface area (Å²) in [7, 11) is 0. The molecule has 27 heavy (non-hydrogen) atoms. The first-order valence-corrected chi connectivity index (χ1v) is 8.96. The molecule has 0 saturated carbocycles. The van der Waals surface area contributed by atoms with Gasteiger partial charge in [-0.05, 0) is 36.4 Å². The van der Waals surface area contributed by atoms with Crippen molar-refractivity contribution in [2.24, 2.45) is 10.4 Å². The number of nitrogens with zero attached hydrogens (tertiary/aromatic N) is 1. The van der Waals surface area contributed by atoms with E-state index < -0.39 is 11.3 Å². The number of aliphatic imine (C=N–C) groups is 1. The van der Waals surface area contributed by atoms with Crippen LogP contribution in [0.5, 0.6) is 11.5 Å². The third-order valence-corrected chi connectivity index (χ3v) is 4.54. The maximum Gasteiger partial charge on any atom is 0.278 e. The smallest absolute Gasteiger partial charge is 0.278 e. The zero-order valence-corrected chi connectivity index (χ0v) is 16.1. The molecule has 0 spiro atoms. The molecular weight excluding hydrogens is 370 g/mol. The number of hydrogen-bond donors (Lipinski definition) is 1. The van der Waals surface area contributed by atoms with Crippen LogP contribution >= 0.6 is 11.6 Å². The largest absolute Gasteiger partial charge is 0.456 e. The van der Waals surface area contributed by atoms with Crippen molar-refractivity contribution in [3.63, 3.8) is 0 Å². The number of nitrogens with one attached hydrogen (secondary N) is 1. The van der Waals surface area contributed by atoms with Crippen molar-refractivity contribution >= 4 is 23.5 Å². The van der Waals surface area contributed by atoms with Crippen LogP contribution in [0.2, 0.25) is 5.02 Å². The first-order chi connectivity index (χ1) is 12.7. The molecule has 1 aliphatic rings. The van der Waals surface area contributed by atoms with Crippen LogP contribution in [-0.2, 0) is 5.92 Å². The second kappa shape index (κ2) is 7.31. The highest BCUT2D eigenvalue weighted by Crippen LogP contribution is 2.45. The van der Waals surface area contributed by atoms with E-state index in [4.69, 9.17) is 16.3 Å². The van der Waals surface area contributed by atoms with Gasteiger partial charge in [0.05, 0.1) is 11.6 Å². The molecule has 1 N–H and O–H groups in total. The SMILES string of the molecule is CC(C)(C)C(F)(F)c1cccc(Oc2ccc(NC3=CC=NC3)cc2Cl)c1. The minimum atomic E-state index is -2.99. The topological polar surface area (TPSA) is 33.6 Å². The average Bonchev–Trinajstić information content (AvgIpc) is 3.09. The van der Waals surface area contributed by atoms with Crippen LogP contribution in [0.3, 0.4) is 0 Å². The van der Waals surface area contributed by atoms with Gasteiger partial charge in [0.2, 0.25) is 0 Å². The lowest BCUT2D eigenvalue weighted by Gasteiger charge is -2.30. The van der Waals surface area contributed by atoms with Gasteiger partial charge in [0.1, 0.15) is 11.5 Å². The minimum Gasteiger partial charge on any atom is -0.456 e. The van der Waals surface area contributed by atoms with E-state index in [1.54, 1.807) is 30.5 Å². The molecule has 0 amide bonds. The number of ether oxygens (including phenoxy) is 1. The molecule has 1 aliphatic heterocycles. The van der Waals surface area contributed by atoms with Gasteiger partial charge in [-0.3, -0.25) is 4.99 Å². The molecule has 2 aromatic rings. The maximum absolute atomic E-state index is 14.6. The van der Waals surface area contributed by atoms with E-state index in [-0.39, 0.29) is 5.56 Å². The number of halogens is 3. The summed E-state index contributed by atoms with van der Waals surface area (Å²) in [5, 5.41) is 3.60. The molecule has 2 aromatic carbocycles. The van der Waals surface area contributed by atoms with Gasteiger partial charge in [-0.15, -0.1) is 0 Å². The van der Waals surface area contributed by atoms with Crippen LogP contribution in [-0.4, -0.2) is 12.8 Å². The molecule has 3 nitrogen and oxygen atoms in total. The van der Waals surface area contributed by atoms with Gasteiger partial charge in [-0.25, -0.2) is 8.78 Å². The Morgan fingerprint density at radius 1 is 1.11 bits per heavy atom. The van der Waals surface area contributed by atoms with Crippen LogP contribution in [0.15, 0.2) is 59.2 Å². The Labute approximate surface area is 162 Å². The summed E-state index contributed by atoms with van der Waals surface area (Å²) in [4.78, 5) is 4.10. The summed E-state index contributed by atoms with van der Waals surface area (Å²) < 4.78 is 35.0. The van der Waals surface area contributed by atoms with Crippen LogP contribution in [0.1, 0.15) is 26.3 Å². The fourth-order valence-corrected chi connectivity index (χ4v) is 2.81. The normalized spacial score (nSPS) is 14.2. The molecule has 142 valence electrons. The van der Waals surface area contributed by atoms with E-state index in [1.807, 2.05) is 12.1 Å². The quantitative estimate of drug-likeness (QED) is 0.620. The van der Waals surface area contributed by atoms with Gasteiger partial charge in [0, 0.05) is 28.6 Å². The molecule has 0 unspecified atom stereocenters. The Balaban J connectivity index is 1.78. The predicted molar refractivity (Wildman–Crippen MR) is 106 cm³/mol. The number of hydrogen-bond acceptors (Lipinski definition) is 3. The standard InChI is InChI=1S/C21H21ClF2N2O/c1-20(2,3)21(23,24)14-5-4-6-17(11-14)27-19-8-7-15(12-18(19)22)26-16-9-10-25-13-16/h4-12,26H,13H2,1-3H3. The minimum absolute atomic E-state index is 0.0879. The Morgan fingerprint density at radius 2 is 1.89 bits per heavy atom. The van der Waals surface area contributed by atoms with Crippen LogP contribution < -0.4 is 10.1 Å². The van der Waals surface area contributed by atoms with Crippen molar-refractivity contribution < 1.29 is 13.5 Å². The lowest BCUT2D eigenvalue weighted by Crippen LogP contribution is -2.31. The summed E-state index contributed by atoms with van der Waals surface area (Å²) in [6.45, 7) is 5.13. The molecule has 1 heterocycles. The van der Waals surface area contributed by atoms with Crippen molar-refractivity contribution in [3.05, 3.63) is 64.8 Å². The van der Waals surface area contributed by atoms with Gasteiger partial charge >= 0.3 is 0 Å². The van der Waals surface area contributed by atoms with E-state index in [9.17, 15) is 8.78 Å². The fourth-order valence-electron chi connectivity index (χ4n) is 2.59. The summed E-state index contributed by atoms with van der Waals surface area (Å²) in [6, 6.07) is 11.2. The number of allylic oxidation sites excluding steroid dienone is 1. The molecule has 0 saturated heterocycles. The highest BCUT2D eigenvalue weighted by molar-refractivity contribution is 6.32.